The van der Waals surface area contributed by atoms with E-state index < -0.39 is 0 Å². The first kappa shape index (κ1) is 14.3. The Labute approximate surface area is 107 Å². The van der Waals surface area contributed by atoms with Crippen molar-refractivity contribution in [3.8, 4) is 5.75 Å². The summed E-state index contributed by atoms with van der Waals surface area (Å²) in [4.78, 5) is 12.1. The van der Waals surface area contributed by atoms with Gasteiger partial charge >= 0.3 is 0 Å². The molecule has 0 aliphatic heterocycles. The molecule has 0 heterocycles. The van der Waals surface area contributed by atoms with Gasteiger partial charge in [-0.05, 0) is 26.0 Å². The zero-order valence-corrected chi connectivity index (χ0v) is 11.0. The Morgan fingerprint density at radius 1 is 1.50 bits per heavy atom. The normalized spacial score (nSPS) is 11.9. The molecule has 0 spiro atoms. The van der Waals surface area contributed by atoms with Crippen molar-refractivity contribution in [2.75, 3.05) is 26.1 Å². The highest BCUT2D eigenvalue weighted by atomic mass is 16.5. The summed E-state index contributed by atoms with van der Waals surface area (Å²) in [6.45, 7) is 4.88. The van der Waals surface area contributed by atoms with Gasteiger partial charge in [0.2, 0.25) is 0 Å². The van der Waals surface area contributed by atoms with Crippen molar-refractivity contribution < 1.29 is 14.3 Å². The monoisotopic (exact) mass is 252 g/mol. The Morgan fingerprint density at radius 3 is 2.83 bits per heavy atom. The van der Waals surface area contributed by atoms with Gasteiger partial charge in [0.1, 0.15) is 11.3 Å². The minimum absolute atomic E-state index is 0.0817. The summed E-state index contributed by atoms with van der Waals surface area (Å²) < 4.78 is 10.4. The fourth-order valence-electron chi connectivity index (χ4n) is 1.59. The molecule has 0 aliphatic carbocycles. The number of amides is 1. The van der Waals surface area contributed by atoms with E-state index in [2.05, 4.69) is 5.32 Å². The number of hydrogen-bond donors (Lipinski definition) is 2. The second-order valence-electron chi connectivity index (χ2n) is 3.96. The van der Waals surface area contributed by atoms with Gasteiger partial charge in [-0.25, -0.2) is 0 Å². The summed E-state index contributed by atoms with van der Waals surface area (Å²) in [7, 11) is 1.51. The Balaban J connectivity index is 2.78. The molecule has 5 heteroatoms. The standard InChI is InChI=1S/C13H20N2O3/c1-4-18-8-9(2)15-13(16)12-10(14)6-5-7-11(12)17-3/h5-7,9H,4,8,14H2,1-3H3,(H,15,16). The number of ether oxygens (including phenoxy) is 2. The number of benzene rings is 1. The van der Waals surface area contributed by atoms with Crippen molar-refractivity contribution in [2.24, 2.45) is 0 Å². The van der Waals surface area contributed by atoms with Gasteiger partial charge in [0.05, 0.1) is 13.7 Å². The summed E-state index contributed by atoms with van der Waals surface area (Å²) in [5.41, 5.74) is 6.56. The van der Waals surface area contributed by atoms with Crippen LogP contribution < -0.4 is 15.8 Å². The molecule has 3 N–H and O–H groups in total. The predicted molar refractivity (Wildman–Crippen MR) is 70.8 cm³/mol. The zero-order chi connectivity index (χ0) is 13.5. The Bertz CT molecular complexity index is 407. The Hall–Kier alpha value is -1.75. The molecule has 0 aromatic heterocycles. The van der Waals surface area contributed by atoms with Crippen LogP contribution in [0.4, 0.5) is 5.69 Å². The predicted octanol–water partition coefficient (Wildman–Crippen LogP) is 1.43. The Morgan fingerprint density at radius 2 is 2.22 bits per heavy atom. The minimum Gasteiger partial charge on any atom is -0.496 e. The summed E-state index contributed by atoms with van der Waals surface area (Å²) in [6, 6.07) is 5.04. The molecule has 5 nitrogen and oxygen atoms in total. The van der Waals surface area contributed by atoms with Crippen LogP contribution in [0.15, 0.2) is 18.2 Å². The first-order chi connectivity index (χ1) is 8.60. The number of methoxy groups -OCH3 is 1. The van der Waals surface area contributed by atoms with E-state index >= 15 is 0 Å². The molecule has 1 aromatic carbocycles. The van der Waals surface area contributed by atoms with E-state index in [1.165, 1.54) is 7.11 Å². The molecule has 1 aromatic rings. The largest absolute Gasteiger partial charge is 0.496 e. The molecule has 1 rings (SSSR count). The van der Waals surface area contributed by atoms with E-state index in [1.807, 2.05) is 13.8 Å². The summed E-state index contributed by atoms with van der Waals surface area (Å²) in [6.07, 6.45) is 0. The maximum Gasteiger partial charge on any atom is 0.257 e. The zero-order valence-electron chi connectivity index (χ0n) is 11.0. The first-order valence-corrected chi connectivity index (χ1v) is 5.91. The highest BCUT2D eigenvalue weighted by Crippen LogP contribution is 2.23. The van der Waals surface area contributed by atoms with Gasteiger partial charge in [-0.2, -0.15) is 0 Å². The molecule has 0 aliphatic rings. The number of anilines is 1. The quantitative estimate of drug-likeness (QED) is 0.751. The minimum atomic E-state index is -0.253. The molecule has 0 radical (unpaired) electrons. The number of hydrogen-bond acceptors (Lipinski definition) is 4. The molecule has 18 heavy (non-hydrogen) atoms. The SMILES string of the molecule is CCOCC(C)NC(=O)c1c(N)cccc1OC. The van der Waals surface area contributed by atoms with Crippen molar-refractivity contribution >= 4 is 11.6 Å². The molecule has 0 fully saturated rings. The maximum atomic E-state index is 12.1. The lowest BCUT2D eigenvalue weighted by Gasteiger charge is -2.16. The second kappa shape index (κ2) is 6.86. The van der Waals surface area contributed by atoms with Crippen LogP contribution in [0.2, 0.25) is 0 Å². The van der Waals surface area contributed by atoms with Crippen LogP contribution in [0.5, 0.6) is 5.75 Å². The second-order valence-corrected chi connectivity index (χ2v) is 3.96. The maximum absolute atomic E-state index is 12.1. The van der Waals surface area contributed by atoms with Gasteiger partial charge < -0.3 is 20.5 Å². The van der Waals surface area contributed by atoms with Crippen molar-refractivity contribution in [3.05, 3.63) is 23.8 Å². The van der Waals surface area contributed by atoms with Crippen LogP contribution in [-0.2, 0) is 4.74 Å². The van der Waals surface area contributed by atoms with E-state index in [-0.39, 0.29) is 11.9 Å². The molecular weight excluding hydrogens is 232 g/mol. The van der Waals surface area contributed by atoms with E-state index in [0.717, 1.165) is 0 Å². The number of carbonyl (C=O) groups excluding carboxylic acids is 1. The van der Waals surface area contributed by atoms with Gasteiger partial charge in [0.25, 0.3) is 5.91 Å². The molecule has 1 amide bonds. The molecule has 100 valence electrons. The van der Waals surface area contributed by atoms with Gasteiger partial charge in [-0.15, -0.1) is 0 Å². The first-order valence-electron chi connectivity index (χ1n) is 5.91. The number of nitrogen functional groups attached to an aromatic ring is 1. The highest BCUT2D eigenvalue weighted by molar-refractivity contribution is 6.02. The lowest BCUT2D eigenvalue weighted by Crippen LogP contribution is -2.36. The summed E-state index contributed by atoms with van der Waals surface area (Å²) in [5, 5.41) is 2.82. The third-order valence-corrected chi connectivity index (χ3v) is 2.45. The molecule has 0 saturated heterocycles. The van der Waals surface area contributed by atoms with E-state index in [4.69, 9.17) is 15.2 Å². The van der Waals surface area contributed by atoms with E-state index in [1.54, 1.807) is 18.2 Å². The number of nitrogens with two attached hydrogens (primary N) is 1. The van der Waals surface area contributed by atoms with Crippen LogP contribution in [0.3, 0.4) is 0 Å². The molecular formula is C13H20N2O3. The molecule has 0 bridgehead atoms. The summed E-state index contributed by atoms with van der Waals surface area (Å²) in [5.74, 6) is 0.216. The van der Waals surface area contributed by atoms with Crippen LogP contribution >= 0.6 is 0 Å². The van der Waals surface area contributed by atoms with E-state index in [0.29, 0.717) is 30.2 Å². The Kier molecular flexibility index (Phi) is 5.45. The van der Waals surface area contributed by atoms with Crippen LogP contribution in [0, 0.1) is 0 Å². The highest BCUT2D eigenvalue weighted by Gasteiger charge is 2.17. The fraction of sp³-hybridized carbons (Fsp3) is 0.462. The number of rotatable bonds is 6. The average molecular weight is 252 g/mol. The average Bonchev–Trinajstić information content (AvgIpc) is 2.35. The molecule has 1 unspecified atom stereocenters. The van der Waals surface area contributed by atoms with Crippen LogP contribution in [0.25, 0.3) is 0 Å². The molecule has 0 saturated carbocycles. The third-order valence-electron chi connectivity index (χ3n) is 2.45. The van der Waals surface area contributed by atoms with Crippen molar-refractivity contribution in [1.82, 2.24) is 5.32 Å². The van der Waals surface area contributed by atoms with E-state index in [9.17, 15) is 4.79 Å². The van der Waals surface area contributed by atoms with Crippen LogP contribution in [-0.4, -0.2) is 32.3 Å². The van der Waals surface area contributed by atoms with Gasteiger partial charge in [-0.1, -0.05) is 6.07 Å². The lowest BCUT2D eigenvalue weighted by atomic mass is 10.1. The lowest BCUT2D eigenvalue weighted by molar-refractivity contribution is 0.0870. The third kappa shape index (κ3) is 3.63. The topological polar surface area (TPSA) is 73.6 Å². The van der Waals surface area contributed by atoms with Gasteiger partial charge in [-0.3, -0.25) is 4.79 Å². The van der Waals surface area contributed by atoms with Gasteiger partial charge in [0.15, 0.2) is 0 Å². The smallest absolute Gasteiger partial charge is 0.257 e. The fourth-order valence-corrected chi connectivity index (χ4v) is 1.59. The number of nitrogens with one attached hydrogen (secondary N) is 1. The van der Waals surface area contributed by atoms with Crippen molar-refractivity contribution in [2.45, 2.75) is 19.9 Å². The number of carbonyl (C=O) groups is 1. The van der Waals surface area contributed by atoms with Gasteiger partial charge in [0, 0.05) is 18.3 Å². The van der Waals surface area contributed by atoms with Crippen molar-refractivity contribution in [3.63, 3.8) is 0 Å². The molecule has 1 atom stereocenters. The summed E-state index contributed by atoms with van der Waals surface area (Å²) >= 11 is 0. The van der Waals surface area contributed by atoms with Crippen LogP contribution in [0.1, 0.15) is 24.2 Å². The van der Waals surface area contributed by atoms with Crippen molar-refractivity contribution in [1.29, 1.82) is 0 Å².